The molecule has 5 rings (SSSR count). The van der Waals surface area contributed by atoms with Gasteiger partial charge in [-0.1, -0.05) is 42.5 Å². The van der Waals surface area contributed by atoms with Crippen molar-refractivity contribution in [3.8, 4) is 0 Å². The molecule has 0 bridgehead atoms. The lowest BCUT2D eigenvalue weighted by Gasteiger charge is -2.10. The van der Waals surface area contributed by atoms with Gasteiger partial charge in [0.1, 0.15) is 0 Å². The summed E-state index contributed by atoms with van der Waals surface area (Å²) >= 11 is 0. The summed E-state index contributed by atoms with van der Waals surface area (Å²) in [5.74, 6) is 0. The first-order valence-corrected chi connectivity index (χ1v) is 7.51. The standard InChI is InChI=1S/C20H12N2O/c21-16-9-8-12-13-7-6-11-3-2-10-22-19(11)18(13)20(23)15-5-1-4-14(16)17(12)15/h1-10,21-22H. The lowest BCUT2D eigenvalue weighted by Crippen LogP contribution is -2.08. The van der Waals surface area contributed by atoms with Gasteiger partial charge in [0.2, 0.25) is 0 Å². The average Bonchev–Trinajstić information content (AvgIpc) is 2.60. The minimum Gasteiger partial charge on any atom is -0.361 e. The van der Waals surface area contributed by atoms with Gasteiger partial charge in [0, 0.05) is 22.4 Å². The molecule has 1 heterocycles. The third kappa shape index (κ3) is 1.48. The van der Waals surface area contributed by atoms with Crippen molar-refractivity contribution in [1.82, 2.24) is 4.98 Å². The predicted octanol–water partition coefficient (Wildman–Crippen LogP) is 3.90. The molecule has 2 N–H and O–H groups in total. The molecule has 4 aromatic carbocycles. The van der Waals surface area contributed by atoms with Gasteiger partial charge in [-0.25, -0.2) is 0 Å². The number of aromatic amines is 1. The highest BCUT2D eigenvalue weighted by atomic mass is 16.1. The van der Waals surface area contributed by atoms with Crippen LogP contribution < -0.4 is 10.8 Å². The van der Waals surface area contributed by atoms with E-state index in [2.05, 4.69) is 4.98 Å². The van der Waals surface area contributed by atoms with Crippen LogP contribution in [0.1, 0.15) is 0 Å². The van der Waals surface area contributed by atoms with Crippen molar-refractivity contribution in [3.63, 3.8) is 0 Å². The summed E-state index contributed by atoms with van der Waals surface area (Å²) in [5.41, 5.74) is 0.893. The summed E-state index contributed by atoms with van der Waals surface area (Å²) in [5, 5.41) is 14.7. The van der Waals surface area contributed by atoms with Crippen LogP contribution >= 0.6 is 0 Å². The van der Waals surface area contributed by atoms with E-state index in [1.165, 1.54) is 0 Å². The Kier molecular flexibility index (Phi) is 2.24. The Hall–Kier alpha value is -3.20. The van der Waals surface area contributed by atoms with Crippen molar-refractivity contribution >= 4 is 43.2 Å². The molecule has 0 aliphatic heterocycles. The topological polar surface area (TPSA) is 56.7 Å². The highest BCUT2D eigenvalue weighted by Gasteiger charge is 2.14. The number of rotatable bonds is 0. The lowest BCUT2D eigenvalue weighted by molar-refractivity contribution is 1.31. The van der Waals surface area contributed by atoms with Gasteiger partial charge in [0.05, 0.1) is 16.3 Å². The summed E-state index contributed by atoms with van der Waals surface area (Å²) in [6, 6.07) is 17.4. The van der Waals surface area contributed by atoms with Crippen molar-refractivity contribution in [3.05, 3.63) is 76.4 Å². The summed E-state index contributed by atoms with van der Waals surface area (Å²) in [4.78, 5) is 16.4. The molecule has 0 aliphatic rings. The van der Waals surface area contributed by atoms with E-state index in [1.807, 2.05) is 54.7 Å². The van der Waals surface area contributed by atoms with E-state index in [-0.39, 0.29) is 5.43 Å². The van der Waals surface area contributed by atoms with E-state index in [9.17, 15) is 4.79 Å². The van der Waals surface area contributed by atoms with Gasteiger partial charge in [-0.3, -0.25) is 4.79 Å². The monoisotopic (exact) mass is 296 g/mol. The third-order valence-corrected chi connectivity index (χ3v) is 4.64. The molecule has 3 nitrogen and oxygen atoms in total. The Morgan fingerprint density at radius 3 is 2.43 bits per heavy atom. The Bertz CT molecular complexity index is 1350. The van der Waals surface area contributed by atoms with E-state index in [1.54, 1.807) is 6.07 Å². The van der Waals surface area contributed by atoms with Crippen molar-refractivity contribution < 1.29 is 0 Å². The second-order valence-corrected chi connectivity index (χ2v) is 5.84. The minimum absolute atomic E-state index is 0.0248. The maximum atomic E-state index is 13.1. The molecule has 0 saturated carbocycles. The number of fused-ring (bicyclic) bond motifs is 4. The molecule has 23 heavy (non-hydrogen) atoms. The molecular weight excluding hydrogens is 284 g/mol. The van der Waals surface area contributed by atoms with Gasteiger partial charge in [0.15, 0.2) is 5.43 Å². The average molecular weight is 296 g/mol. The SMILES string of the molecule is N=c1ccc2c3ccc4ccc[nH]c4c3c(=O)c3cccc1c32. The molecule has 0 amide bonds. The van der Waals surface area contributed by atoms with Crippen LogP contribution in [0.5, 0.6) is 0 Å². The van der Waals surface area contributed by atoms with Crippen LogP contribution in [0, 0.1) is 5.41 Å². The fourth-order valence-electron chi connectivity index (χ4n) is 3.61. The number of pyridine rings is 1. The number of nitrogens with one attached hydrogen (secondary N) is 2. The van der Waals surface area contributed by atoms with Gasteiger partial charge < -0.3 is 10.4 Å². The number of H-pyrrole nitrogens is 1. The van der Waals surface area contributed by atoms with Crippen molar-refractivity contribution in [1.29, 1.82) is 5.41 Å². The van der Waals surface area contributed by atoms with E-state index >= 15 is 0 Å². The quantitative estimate of drug-likeness (QED) is 0.330. The number of hydrogen-bond acceptors (Lipinski definition) is 2. The van der Waals surface area contributed by atoms with E-state index in [4.69, 9.17) is 5.41 Å². The molecule has 3 heteroatoms. The highest BCUT2D eigenvalue weighted by Crippen LogP contribution is 2.31. The molecular formula is C20H12N2O. The highest BCUT2D eigenvalue weighted by molar-refractivity contribution is 6.24. The second-order valence-electron chi connectivity index (χ2n) is 5.84. The smallest absolute Gasteiger partial charge is 0.196 e. The van der Waals surface area contributed by atoms with Gasteiger partial charge in [-0.05, 0) is 28.3 Å². The Morgan fingerprint density at radius 1 is 0.739 bits per heavy atom. The van der Waals surface area contributed by atoms with Crippen LogP contribution in [0.3, 0.4) is 0 Å². The summed E-state index contributed by atoms with van der Waals surface area (Å²) in [6.45, 7) is 0. The number of hydrogen-bond donors (Lipinski definition) is 2. The zero-order valence-electron chi connectivity index (χ0n) is 12.2. The third-order valence-electron chi connectivity index (χ3n) is 4.64. The largest absolute Gasteiger partial charge is 0.361 e. The van der Waals surface area contributed by atoms with Crippen LogP contribution in [0.25, 0.3) is 43.2 Å². The van der Waals surface area contributed by atoms with Crippen LogP contribution in [0.4, 0.5) is 0 Å². The Labute approximate surface area is 130 Å². The first-order valence-electron chi connectivity index (χ1n) is 7.51. The predicted molar refractivity (Wildman–Crippen MR) is 94.1 cm³/mol. The zero-order chi connectivity index (χ0) is 15.6. The van der Waals surface area contributed by atoms with Crippen LogP contribution in [0.2, 0.25) is 0 Å². The zero-order valence-corrected chi connectivity index (χ0v) is 12.2. The fraction of sp³-hybridized carbons (Fsp3) is 0. The molecule has 0 fully saturated rings. The number of aromatic nitrogens is 1. The van der Waals surface area contributed by atoms with Crippen LogP contribution in [-0.2, 0) is 0 Å². The molecule has 0 radical (unpaired) electrons. The molecule has 108 valence electrons. The first kappa shape index (κ1) is 12.4. The van der Waals surface area contributed by atoms with Gasteiger partial charge in [0.25, 0.3) is 0 Å². The molecule has 0 spiro atoms. The van der Waals surface area contributed by atoms with E-state index in [0.29, 0.717) is 10.7 Å². The van der Waals surface area contributed by atoms with Gasteiger partial charge >= 0.3 is 0 Å². The Balaban J connectivity index is 2.26. The van der Waals surface area contributed by atoms with Crippen LogP contribution in [-0.4, -0.2) is 4.98 Å². The fourth-order valence-corrected chi connectivity index (χ4v) is 3.61. The first-order chi connectivity index (χ1) is 11.3. The minimum atomic E-state index is 0.0248. The van der Waals surface area contributed by atoms with Crippen molar-refractivity contribution in [2.75, 3.05) is 0 Å². The Morgan fingerprint density at radius 2 is 1.52 bits per heavy atom. The second kappa shape index (κ2) is 4.17. The summed E-state index contributed by atoms with van der Waals surface area (Å²) in [6.07, 6.45) is 1.85. The van der Waals surface area contributed by atoms with E-state index in [0.717, 1.165) is 37.8 Å². The van der Waals surface area contributed by atoms with Crippen molar-refractivity contribution in [2.45, 2.75) is 0 Å². The van der Waals surface area contributed by atoms with Gasteiger partial charge in [-0.2, -0.15) is 0 Å². The van der Waals surface area contributed by atoms with Crippen molar-refractivity contribution in [2.24, 2.45) is 0 Å². The molecule has 0 unspecified atom stereocenters. The van der Waals surface area contributed by atoms with E-state index < -0.39 is 0 Å². The maximum absolute atomic E-state index is 13.1. The van der Waals surface area contributed by atoms with Crippen LogP contribution in [0.15, 0.2) is 65.6 Å². The van der Waals surface area contributed by atoms with Gasteiger partial charge in [-0.15, -0.1) is 0 Å². The molecule has 0 atom stereocenters. The normalized spacial score (nSPS) is 11.8. The summed E-state index contributed by atoms with van der Waals surface area (Å²) < 4.78 is 0. The lowest BCUT2D eigenvalue weighted by atomic mass is 9.93. The molecule has 0 saturated heterocycles. The molecule has 5 aromatic rings. The number of benzene rings is 4. The summed E-state index contributed by atoms with van der Waals surface area (Å²) in [7, 11) is 0. The molecule has 1 aromatic heterocycles. The molecule has 0 aliphatic carbocycles. The maximum Gasteiger partial charge on any atom is 0.196 e.